The predicted octanol–water partition coefficient (Wildman–Crippen LogP) is 1.05. The van der Waals surface area contributed by atoms with Crippen LogP contribution < -0.4 is 0 Å². The van der Waals surface area contributed by atoms with Crippen LogP contribution in [0.5, 0.6) is 0 Å². The van der Waals surface area contributed by atoms with E-state index < -0.39 is 0 Å². The first-order chi connectivity index (χ1) is 8.88. The second-order valence-corrected chi connectivity index (χ2v) is 5.23. The first kappa shape index (κ1) is 17.9. The van der Waals surface area contributed by atoms with Gasteiger partial charge in [-0.15, -0.1) is 0 Å². The van der Waals surface area contributed by atoms with Crippen LogP contribution in [0, 0.1) is 0 Å². The third-order valence-electron chi connectivity index (χ3n) is 3.13. The number of carbonyl (C=O) groups is 2. The van der Waals surface area contributed by atoms with E-state index in [1.54, 1.807) is 16.7 Å². The Morgan fingerprint density at radius 1 is 0.947 bits per heavy atom. The topological polar surface area (TPSA) is 43.9 Å². The van der Waals surface area contributed by atoms with Crippen LogP contribution in [-0.2, 0) is 9.59 Å². The van der Waals surface area contributed by atoms with E-state index in [0.717, 1.165) is 25.9 Å². The number of amides is 2. The van der Waals surface area contributed by atoms with Crippen molar-refractivity contribution in [2.45, 2.75) is 33.1 Å². The van der Waals surface area contributed by atoms with Crippen LogP contribution in [-0.4, -0.2) is 73.8 Å². The van der Waals surface area contributed by atoms with Gasteiger partial charge in [0.05, 0.1) is 0 Å². The zero-order chi connectivity index (χ0) is 14.8. The zero-order valence-corrected chi connectivity index (χ0v) is 13.1. The number of rotatable bonds is 9. The van der Waals surface area contributed by atoms with Crippen LogP contribution in [0.4, 0.5) is 0 Å². The zero-order valence-electron chi connectivity index (χ0n) is 13.1. The van der Waals surface area contributed by atoms with Crippen molar-refractivity contribution < 1.29 is 9.59 Å². The summed E-state index contributed by atoms with van der Waals surface area (Å²) in [4.78, 5) is 28.9. The van der Waals surface area contributed by atoms with Crippen molar-refractivity contribution >= 4 is 11.8 Å². The van der Waals surface area contributed by atoms with Gasteiger partial charge in [0.15, 0.2) is 0 Å². The number of unbranched alkanes of at least 4 members (excludes halogenated alkanes) is 1. The van der Waals surface area contributed by atoms with E-state index in [4.69, 9.17) is 0 Å². The summed E-state index contributed by atoms with van der Waals surface area (Å²) in [6, 6.07) is 0. The quantitative estimate of drug-likeness (QED) is 0.629. The van der Waals surface area contributed by atoms with Gasteiger partial charge in [-0.05, 0) is 20.5 Å². The molecule has 0 heterocycles. The molecule has 0 radical (unpaired) electrons. The molecule has 0 aliphatic carbocycles. The molecule has 0 unspecified atom stereocenters. The predicted molar refractivity (Wildman–Crippen MR) is 78.0 cm³/mol. The summed E-state index contributed by atoms with van der Waals surface area (Å²) in [6.45, 7) is 6.47. The number of hydrogen-bond donors (Lipinski definition) is 0. The van der Waals surface area contributed by atoms with Crippen molar-refractivity contribution in [2.75, 3.05) is 47.3 Å². The van der Waals surface area contributed by atoms with Gasteiger partial charge in [0.1, 0.15) is 0 Å². The third kappa shape index (κ3) is 8.59. The van der Waals surface area contributed by atoms with Gasteiger partial charge < -0.3 is 14.7 Å². The molecule has 5 nitrogen and oxygen atoms in total. The molecule has 0 N–H and O–H groups in total. The molecule has 5 heteroatoms. The first-order valence-electron chi connectivity index (χ1n) is 7.02. The van der Waals surface area contributed by atoms with Gasteiger partial charge in [0.2, 0.25) is 11.8 Å². The van der Waals surface area contributed by atoms with E-state index >= 15 is 0 Å². The van der Waals surface area contributed by atoms with Gasteiger partial charge in [-0.3, -0.25) is 9.59 Å². The van der Waals surface area contributed by atoms with E-state index in [1.807, 2.05) is 26.0 Å². The number of hydrogen-bond acceptors (Lipinski definition) is 3. The Labute approximate surface area is 117 Å². The molecule has 0 saturated carbocycles. The van der Waals surface area contributed by atoms with Gasteiger partial charge in [-0.25, -0.2) is 0 Å². The van der Waals surface area contributed by atoms with E-state index in [9.17, 15) is 9.59 Å². The second-order valence-electron chi connectivity index (χ2n) is 5.23. The summed E-state index contributed by atoms with van der Waals surface area (Å²) in [5.41, 5.74) is 0. The molecule has 0 aromatic heterocycles. The molecule has 0 rings (SSSR count). The summed E-state index contributed by atoms with van der Waals surface area (Å²) in [7, 11) is 5.78. The van der Waals surface area contributed by atoms with Crippen LogP contribution in [0.3, 0.4) is 0 Å². The molecule has 0 aromatic rings. The fourth-order valence-electron chi connectivity index (χ4n) is 1.69. The Morgan fingerprint density at radius 2 is 1.58 bits per heavy atom. The third-order valence-corrected chi connectivity index (χ3v) is 3.13. The lowest BCUT2D eigenvalue weighted by Crippen LogP contribution is -2.38. The average molecular weight is 271 g/mol. The van der Waals surface area contributed by atoms with E-state index in [1.165, 1.54) is 0 Å². The fraction of sp³-hybridized carbons (Fsp3) is 0.857. The normalized spacial score (nSPS) is 10.6. The minimum atomic E-state index is 0.0332. The van der Waals surface area contributed by atoms with E-state index in [2.05, 4.69) is 6.92 Å². The lowest BCUT2D eigenvalue weighted by atomic mass is 10.3. The lowest BCUT2D eigenvalue weighted by molar-refractivity contribution is -0.132. The summed E-state index contributed by atoms with van der Waals surface area (Å²) < 4.78 is 0. The largest absolute Gasteiger partial charge is 0.346 e. The van der Waals surface area contributed by atoms with Crippen molar-refractivity contribution in [3.05, 3.63) is 0 Å². The number of nitrogens with zero attached hydrogens (tertiary/aromatic N) is 3. The fourth-order valence-corrected chi connectivity index (χ4v) is 1.69. The van der Waals surface area contributed by atoms with Crippen LogP contribution in [0.1, 0.15) is 33.1 Å². The second kappa shape index (κ2) is 9.78. The molecule has 0 bridgehead atoms. The molecule has 2 amide bonds. The highest BCUT2D eigenvalue weighted by molar-refractivity contribution is 5.77. The molecule has 0 aromatic carbocycles. The Hall–Kier alpha value is -1.10. The van der Waals surface area contributed by atoms with Crippen molar-refractivity contribution in [1.29, 1.82) is 0 Å². The summed E-state index contributed by atoms with van der Waals surface area (Å²) >= 11 is 0. The van der Waals surface area contributed by atoms with Crippen molar-refractivity contribution in [3.63, 3.8) is 0 Å². The standard InChI is InChI=1S/C14H29N3O2/c1-6-7-9-16(5)14(19)8-10-17(13(2)18)12-11-15(3)4/h6-12H2,1-5H3. The summed E-state index contributed by atoms with van der Waals surface area (Å²) in [5, 5.41) is 0. The van der Waals surface area contributed by atoms with Crippen molar-refractivity contribution in [2.24, 2.45) is 0 Å². The maximum Gasteiger partial charge on any atom is 0.224 e. The van der Waals surface area contributed by atoms with Crippen LogP contribution in [0.25, 0.3) is 0 Å². The highest BCUT2D eigenvalue weighted by atomic mass is 16.2. The molecule has 112 valence electrons. The van der Waals surface area contributed by atoms with E-state index in [-0.39, 0.29) is 11.8 Å². The van der Waals surface area contributed by atoms with Gasteiger partial charge in [0.25, 0.3) is 0 Å². The van der Waals surface area contributed by atoms with Crippen LogP contribution in [0.15, 0.2) is 0 Å². The molecule has 19 heavy (non-hydrogen) atoms. The molecule has 0 aliphatic rings. The minimum Gasteiger partial charge on any atom is -0.346 e. The Morgan fingerprint density at radius 3 is 2.05 bits per heavy atom. The Bertz CT molecular complexity index is 280. The van der Waals surface area contributed by atoms with E-state index in [0.29, 0.717) is 19.5 Å². The van der Waals surface area contributed by atoms with Crippen molar-refractivity contribution in [1.82, 2.24) is 14.7 Å². The van der Waals surface area contributed by atoms with Crippen LogP contribution >= 0.6 is 0 Å². The maximum absolute atomic E-state index is 11.9. The van der Waals surface area contributed by atoms with Crippen LogP contribution in [0.2, 0.25) is 0 Å². The van der Waals surface area contributed by atoms with Crippen molar-refractivity contribution in [3.8, 4) is 0 Å². The monoisotopic (exact) mass is 271 g/mol. The molecule has 0 spiro atoms. The minimum absolute atomic E-state index is 0.0332. The summed E-state index contributed by atoms with van der Waals surface area (Å²) in [5.74, 6) is 0.149. The molecular weight excluding hydrogens is 242 g/mol. The Kier molecular flexibility index (Phi) is 9.21. The number of likely N-dealkylation sites (N-methyl/N-ethyl adjacent to an activating group) is 1. The number of carbonyl (C=O) groups excluding carboxylic acids is 2. The van der Waals surface area contributed by atoms with Gasteiger partial charge in [-0.1, -0.05) is 13.3 Å². The molecule has 0 aliphatic heterocycles. The summed E-state index contributed by atoms with van der Waals surface area (Å²) in [6.07, 6.45) is 2.52. The smallest absolute Gasteiger partial charge is 0.224 e. The van der Waals surface area contributed by atoms with Gasteiger partial charge in [0, 0.05) is 46.6 Å². The Balaban J connectivity index is 4.09. The maximum atomic E-state index is 11.9. The highest BCUT2D eigenvalue weighted by Crippen LogP contribution is 1.99. The average Bonchev–Trinajstić information content (AvgIpc) is 2.34. The van der Waals surface area contributed by atoms with Gasteiger partial charge >= 0.3 is 0 Å². The SMILES string of the molecule is CCCCN(C)C(=O)CCN(CCN(C)C)C(C)=O. The highest BCUT2D eigenvalue weighted by Gasteiger charge is 2.13. The van der Waals surface area contributed by atoms with Gasteiger partial charge in [-0.2, -0.15) is 0 Å². The molecule has 0 atom stereocenters. The lowest BCUT2D eigenvalue weighted by Gasteiger charge is -2.24. The first-order valence-corrected chi connectivity index (χ1v) is 7.02. The molecular formula is C14H29N3O2. The molecule has 0 saturated heterocycles. The molecule has 0 fully saturated rings.